The van der Waals surface area contributed by atoms with Crippen molar-refractivity contribution in [1.82, 2.24) is 15.8 Å². The Labute approximate surface area is 167 Å². The molecule has 1 aromatic heterocycles. The number of rotatable bonds is 7. The number of nitrogens with one attached hydrogen (secondary N) is 2. The van der Waals surface area contributed by atoms with Gasteiger partial charge in [-0.3, -0.25) is 0 Å². The predicted octanol–water partition coefficient (Wildman–Crippen LogP) is 3.77. The van der Waals surface area contributed by atoms with E-state index in [4.69, 9.17) is 4.52 Å². The van der Waals surface area contributed by atoms with E-state index in [9.17, 15) is 0 Å². The summed E-state index contributed by atoms with van der Waals surface area (Å²) in [6.07, 6.45) is 1.84. The van der Waals surface area contributed by atoms with Crippen molar-refractivity contribution in [2.45, 2.75) is 47.1 Å². The Balaban J connectivity index is 0.00000312. The molecule has 2 rings (SSSR count). The van der Waals surface area contributed by atoms with Crippen molar-refractivity contribution < 1.29 is 4.52 Å². The normalized spacial score (nSPS) is 11.1. The van der Waals surface area contributed by atoms with Crippen LogP contribution in [0.15, 0.2) is 33.8 Å². The molecule has 0 bridgehead atoms. The van der Waals surface area contributed by atoms with E-state index in [0.717, 1.165) is 43.3 Å². The molecule has 0 amide bonds. The summed E-state index contributed by atoms with van der Waals surface area (Å²) in [6.45, 7) is 10.5. The summed E-state index contributed by atoms with van der Waals surface area (Å²) in [5.74, 6) is 1.59. The van der Waals surface area contributed by atoms with Crippen molar-refractivity contribution in [3.63, 3.8) is 0 Å². The van der Waals surface area contributed by atoms with Gasteiger partial charge in [0.1, 0.15) is 6.54 Å². The van der Waals surface area contributed by atoms with Crippen LogP contribution in [0.2, 0.25) is 0 Å². The van der Waals surface area contributed by atoms with E-state index < -0.39 is 0 Å². The molecule has 0 unspecified atom stereocenters. The van der Waals surface area contributed by atoms with Gasteiger partial charge in [0.15, 0.2) is 11.7 Å². The lowest BCUT2D eigenvalue weighted by Crippen LogP contribution is -2.38. The summed E-state index contributed by atoms with van der Waals surface area (Å²) >= 11 is 0. The van der Waals surface area contributed by atoms with Crippen molar-refractivity contribution >= 4 is 29.9 Å². The van der Waals surface area contributed by atoms with Gasteiger partial charge in [-0.25, -0.2) is 4.99 Å². The molecule has 1 aromatic carbocycles. The largest absolute Gasteiger partial charge is 0.359 e. The van der Waals surface area contributed by atoms with E-state index in [1.54, 1.807) is 0 Å². The van der Waals surface area contributed by atoms with Crippen LogP contribution in [-0.2, 0) is 19.4 Å². The molecule has 0 aliphatic carbocycles. The number of halogens is 1. The minimum absolute atomic E-state index is 0. The van der Waals surface area contributed by atoms with Crippen LogP contribution >= 0.6 is 24.0 Å². The van der Waals surface area contributed by atoms with Gasteiger partial charge < -0.3 is 15.2 Å². The van der Waals surface area contributed by atoms with Gasteiger partial charge >= 0.3 is 0 Å². The quantitative estimate of drug-likeness (QED) is 0.378. The highest BCUT2D eigenvalue weighted by Crippen LogP contribution is 2.09. The Morgan fingerprint density at radius 1 is 1.08 bits per heavy atom. The number of benzene rings is 1. The third kappa shape index (κ3) is 7.46. The topological polar surface area (TPSA) is 62.5 Å². The first-order valence-electron chi connectivity index (χ1n) is 8.64. The van der Waals surface area contributed by atoms with Crippen LogP contribution in [-0.4, -0.2) is 24.2 Å². The third-order valence-electron chi connectivity index (χ3n) is 3.69. The Morgan fingerprint density at radius 2 is 1.80 bits per heavy atom. The predicted molar refractivity (Wildman–Crippen MR) is 114 cm³/mol. The van der Waals surface area contributed by atoms with Crippen LogP contribution in [0.4, 0.5) is 0 Å². The summed E-state index contributed by atoms with van der Waals surface area (Å²) in [7, 11) is 0. The highest BCUT2D eigenvalue weighted by Gasteiger charge is 2.03. The van der Waals surface area contributed by atoms with Crippen molar-refractivity contribution in [3.8, 4) is 0 Å². The fourth-order valence-electron chi connectivity index (χ4n) is 2.63. The lowest BCUT2D eigenvalue weighted by atomic mass is 10.1. The second-order valence-corrected chi connectivity index (χ2v) is 6.01. The molecule has 0 radical (unpaired) electrons. The molecule has 1 heterocycles. The number of aliphatic imine (C=N–C) groups is 1. The van der Waals surface area contributed by atoms with Crippen molar-refractivity contribution in [3.05, 3.63) is 52.4 Å². The second kappa shape index (κ2) is 11.1. The maximum absolute atomic E-state index is 5.27. The van der Waals surface area contributed by atoms with Gasteiger partial charge in [-0.1, -0.05) is 41.4 Å². The third-order valence-corrected chi connectivity index (χ3v) is 3.69. The average molecular weight is 456 g/mol. The number of aromatic nitrogens is 1. The highest BCUT2D eigenvalue weighted by molar-refractivity contribution is 14.0. The van der Waals surface area contributed by atoms with E-state index >= 15 is 0 Å². The average Bonchev–Trinajstić information content (AvgIpc) is 3.00. The molecule has 0 saturated carbocycles. The molecule has 5 nitrogen and oxygen atoms in total. The first-order chi connectivity index (χ1) is 11.6. The van der Waals surface area contributed by atoms with E-state index in [1.807, 2.05) is 6.07 Å². The van der Waals surface area contributed by atoms with Crippen molar-refractivity contribution in [2.75, 3.05) is 13.1 Å². The van der Waals surface area contributed by atoms with Gasteiger partial charge in [-0.15, -0.1) is 24.0 Å². The summed E-state index contributed by atoms with van der Waals surface area (Å²) in [5.41, 5.74) is 4.93. The fraction of sp³-hybridized carbons (Fsp3) is 0.474. The smallest absolute Gasteiger partial charge is 0.191 e. The molecule has 2 aromatic rings. The molecule has 0 aliphatic heterocycles. The Hall–Kier alpha value is -1.57. The lowest BCUT2D eigenvalue weighted by molar-refractivity contribution is 0.379. The van der Waals surface area contributed by atoms with Gasteiger partial charge in [0.05, 0.1) is 5.69 Å². The SMILES string of the molecule is CCNC(=NCc1cc(CC)no1)NCCc1cc(C)cc(C)c1.I. The Bertz CT molecular complexity index is 662. The molecule has 0 atom stereocenters. The molecular weight excluding hydrogens is 427 g/mol. The molecule has 2 N–H and O–H groups in total. The van der Waals surface area contributed by atoms with Crippen molar-refractivity contribution in [2.24, 2.45) is 4.99 Å². The summed E-state index contributed by atoms with van der Waals surface area (Å²) in [4.78, 5) is 4.56. The number of hydrogen-bond donors (Lipinski definition) is 2. The van der Waals surface area contributed by atoms with Gasteiger partial charge in [0.2, 0.25) is 0 Å². The van der Waals surface area contributed by atoms with Crippen LogP contribution in [0.1, 0.15) is 42.0 Å². The monoisotopic (exact) mass is 456 g/mol. The van der Waals surface area contributed by atoms with Gasteiger partial charge in [0.25, 0.3) is 0 Å². The highest BCUT2D eigenvalue weighted by atomic mass is 127. The maximum atomic E-state index is 5.27. The molecule has 6 heteroatoms. The lowest BCUT2D eigenvalue weighted by Gasteiger charge is -2.11. The maximum Gasteiger partial charge on any atom is 0.191 e. The van der Waals surface area contributed by atoms with Crippen LogP contribution < -0.4 is 10.6 Å². The number of nitrogens with zero attached hydrogens (tertiary/aromatic N) is 2. The van der Waals surface area contributed by atoms with Crippen LogP contribution in [0.25, 0.3) is 0 Å². The molecule has 0 saturated heterocycles. The molecule has 0 aliphatic rings. The molecule has 0 spiro atoms. The van der Waals surface area contributed by atoms with E-state index in [1.165, 1.54) is 16.7 Å². The van der Waals surface area contributed by atoms with E-state index in [2.05, 4.69) is 66.7 Å². The number of aryl methyl sites for hydroxylation is 3. The minimum atomic E-state index is 0. The van der Waals surface area contributed by atoms with E-state index in [0.29, 0.717) is 6.54 Å². The zero-order chi connectivity index (χ0) is 17.4. The summed E-state index contributed by atoms with van der Waals surface area (Å²) in [5, 5.41) is 10.6. The molecule has 0 fully saturated rings. The molecular formula is C19H29IN4O. The second-order valence-electron chi connectivity index (χ2n) is 6.01. The van der Waals surface area contributed by atoms with Crippen LogP contribution in [0, 0.1) is 13.8 Å². The van der Waals surface area contributed by atoms with Crippen molar-refractivity contribution in [1.29, 1.82) is 0 Å². The zero-order valence-corrected chi connectivity index (χ0v) is 17.9. The first-order valence-corrected chi connectivity index (χ1v) is 8.64. The van der Waals surface area contributed by atoms with Gasteiger partial charge in [-0.05, 0) is 39.2 Å². The molecule has 25 heavy (non-hydrogen) atoms. The number of hydrogen-bond acceptors (Lipinski definition) is 3. The van der Waals surface area contributed by atoms with Gasteiger partial charge in [-0.2, -0.15) is 0 Å². The summed E-state index contributed by atoms with van der Waals surface area (Å²) < 4.78 is 5.27. The Kier molecular flexibility index (Phi) is 9.55. The number of guanidine groups is 1. The molecule has 138 valence electrons. The van der Waals surface area contributed by atoms with Crippen LogP contribution in [0.3, 0.4) is 0 Å². The summed E-state index contributed by atoms with van der Waals surface area (Å²) in [6, 6.07) is 8.63. The Morgan fingerprint density at radius 3 is 2.40 bits per heavy atom. The minimum Gasteiger partial charge on any atom is -0.359 e. The standard InChI is InChI=1S/C19H28N4O.HI/c1-5-17-12-18(24-23-17)13-22-19(20-6-2)21-8-7-16-10-14(3)9-15(4)11-16;/h9-12H,5-8,13H2,1-4H3,(H2,20,21,22);1H. The fourth-order valence-corrected chi connectivity index (χ4v) is 2.63. The van der Waals surface area contributed by atoms with Gasteiger partial charge in [0, 0.05) is 19.2 Å². The zero-order valence-electron chi connectivity index (χ0n) is 15.6. The first kappa shape index (κ1) is 21.5. The van der Waals surface area contributed by atoms with Crippen LogP contribution in [0.5, 0.6) is 0 Å². The van der Waals surface area contributed by atoms with E-state index in [-0.39, 0.29) is 24.0 Å².